The normalized spacial score (nSPS) is 15.2. The molecule has 1 aromatic heterocycles. The van der Waals surface area contributed by atoms with Crippen LogP contribution in [0.4, 0.5) is 0 Å². The second-order valence-corrected chi connectivity index (χ2v) is 12.2. The quantitative estimate of drug-likeness (QED) is 0.228. The van der Waals surface area contributed by atoms with Gasteiger partial charge in [0, 0.05) is 50.8 Å². The first-order chi connectivity index (χ1) is 18.9. The Morgan fingerprint density at radius 3 is 2.35 bits per heavy atom. The maximum Gasteiger partial charge on any atom is 0.306 e. The van der Waals surface area contributed by atoms with Crippen LogP contribution in [0.3, 0.4) is 0 Å². The first-order valence-electron chi connectivity index (χ1n) is 14.3. The van der Waals surface area contributed by atoms with Gasteiger partial charge in [0.1, 0.15) is 5.01 Å². The van der Waals surface area contributed by atoms with Crippen LogP contribution >= 0.6 is 11.3 Å². The summed E-state index contributed by atoms with van der Waals surface area (Å²) in [6.45, 7) is 11.9. The smallest absolute Gasteiger partial charge is 0.306 e. The van der Waals surface area contributed by atoms with Crippen LogP contribution in [-0.4, -0.2) is 52.0 Å². The summed E-state index contributed by atoms with van der Waals surface area (Å²) in [6.07, 6.45) is 2.54. The number of nitrogens with one attached hydrogen (secondary N) is 1. The van der Waals surface area contributed by atoms with E-state index in [0.717, 1.165) is 17.7 Å². The molecule has 2 rings (SSSR count). The van der Waals surface area contributed by atoms with Crippen molar-refractivity contribution in [2.24, 2.45) is 17.8 Å². The fraction of sp³-hybridized carbons (Fsp3) is 0.613. The maximum absolute atomic E-state index is 13.0. The highest BCUT2D eigenvalue weighted by Crippen LogP contribution is 2.31. The Kier molecular flexibility index (Phi) is 13.8. The summed E-state index contributed by atoms with van der Waals surface area (Å²) >= 11 is 1.44. The lowest BCUT2D eigenvalue weighted by Crippen LogP contribution is -2.42. The minimum Gasteiger partial charge on any atom is -0.481 e. The summed E-state index contributed by atoms with van der Waals surface area (Å²) in [4.78, 5) is 43.1. The third-order valence-corrected chi connectivity index (χ3v) is 8.43. The average Bonchev–Trinajstić information content (AvgIpc) is 3.38. The zero-order valence-electron chi connectivity index (χ0n) is 25.1. The number of ether oxygens (including phenoxy) is 1. The Morgan fingerprint density at radius 1 is 1.10 bits per heavy atom. The van der Waals surface area contributed by atoms with Gasteiger partial charge in [-0.3, -0.25) is 14.4 Å². The van der Waals surface area contributed by atoms with E-state index in [-0.39, 0.29) is 29.9 Å². The topological polar surface area (TPSA) is 109 Å². The first-order valence-corrected chi connectivity index (χ1v) is 15.2. The van der Waals surface area contributed by atoms with Crippen molar-refractivity contribution < 1.29 is 24.2 Å². The largest absolute Gasteiger partial charge is 0.481 e. The molecule has 0 fully saturated rings. The average molecular weight is 574 g/mol. The van der Waals surface area contributed by atoms with Crippen molar-refractivity contribution in [3.8, 4) is 0 Å². The molecule has 2 N–H and O–H groups in total. The highest BCUT2D eigenvalue weighted by atomic mass is 32.1. The summed E-state index contributed by atoms with van der Waals surface area (Å²) in [5.41, 5.74) is 1.94. The second kappa shape index (κ2) is 16.5. The molecule has 5 atom stereocenters. The summed E-state index contributed by atoms with van der Waals surface area (Å²) < 4.78 is 5.73. The molecule has 0 aliphatic carbocycles. The SMILES string of the molecule is CC[C@H](C)CC(=O)N(C)[C@H](C[C@@H](OC(C)=O)c1nc(CN[C@@H](Cc2ccccc2)CC(C)C(=O)O)cs1)C(C)C. The van der Waals surface area contributed by atoms with Gasteiger partial charge in [-0.15, -0.1) is 11.3 Å². The number of aliphatic carboxylic acids is 1. The fourth-order valence-corrected chi connectivity index (χ4v) is 5.59. The van der Waals surface area contributed by atoms with E-state index < -0.39 is 18.0 Å². The van der Waals surface area contributed by atoms with Crippen LogP contribution in [-0.2, 0) is 32.1 Å². The molecule has 2 aromatic rings. The molecule has 0 saturated carbocycles. The number of rotatable bonds is 17. The van der Waals surface area contributed by atoms with E-state index in [1.807, 2.05) is 42.8 Å². The number of thiazole rings is 1. The number of hydrogen-bond acceptors (Lipinski definition) is 7. The third-order valence-electron chi connectivity index (χ3n) is 7.45. The highest BCUT2D eigenvalue weighted by Gasteiger charge is 2.30. The van der Waals surface area contributed by atoms with Crippen LogP contribution in [0.2, 0.25) is 0 Å². The van der Waals surface area contributed by atoms with Crippen molar-refractivity contribution in [2.45, 2.75) is 98.4 Å². The van der Waals surface area contributed by atoms with Gasteiger partial charge < -0.3 is 20.1 Å². The predicted molar refractivity (Wildman–Crippen MR) is 159 cm³/mol. The van der Waals surface area contributed by atoms with E-state index in [4.69, 9.17) is 9.72 Å². The number of hydrogen-bond donors (Lipinski definition) is 2. The number of carbonyl (C=O) groups excluding carboxylic acids is 2. The van der Waals surface area contributed by atoms with Crippen molar-refractivity contribution in [3.05, 3.63) is 52.0 Å². The Hall–Kier alpha value is -2.78. The van der Waals surface area contributed by atoms with E-state index in [2.05, 4.69) is 33.0 Å². The molecule has 0 saturated heterocycles. The molecule has 222 valence electrons. The van der Waals surface area contributed by atoms with Gasteiger partial charge >= 0.3 is 11.9 Å². The Morgan fingerprint density at radius 2 is 1.77 bits per heavy atom. The summed E-state index contributed by atoms with van der Waals surface area (Å²) in [5, 5.41) is 15.6. The predicted octanol–water partition coefficient (Wildman–Crippen LogP) is 5.87. The Labute approximate surface area is 243 Å². The molecule has 0 bridgehead atoms. The maximum atomic E-state index is 13.0. The van der Waals surface area contributed by atoms with Gasteiger partial charge in [-0.1, -0.05) is 71.4 Å². The molecule has 1 aromatic carbocycles. The number of benzene rings is 1. The van der Waals surface area contributed by atoms with Crippen LogP contribution in [0.25, 0.3) is 0 Å². The molecule has 0 aliphatic rings. The number of carboxylic acids is 1. The van der Waals surface area contributed by atoms with Gasteiger partial charge in [0.05, 0.1) is 11.6 Å². The summed E-state index contributed by atoms with van der Waals surface area (Å²) in [7, 11) is 1.84. The third kappa shape index (κ3) is 11.0. The van der Waals surface area contributed by atoms with Gasteiger partial charge in [-0.05, 0) is 30.2 Å². The Balaban J connectivity index is 2.16. The molecule has 1 unspecified atom stereocenters. The number of amides is 1. The minimum atomic E-state index is -0.813. The zero-order chi connectivity index (χ0) is 29.8. The number of aromatic nitrogens is 1. The van der Waals surface area contributed by atoms with Gasteiger partial charge in [0.2, 0.25) is 5.91 Å². The van der Waals surface area contributed by atoms with Gasteiger partial charge in [0.25, 0.3) is 0 Å². The molecule has 40 heavy (non-hydrogen) atoms. The van der Waals surface area contributed by atoms with Gasteiger partial charge in [-0.25, -0.2) is 4.98 Å². The minimum absolute atomic E-state index is 0.0431. The summed E-state index contributed by atoms with van der Waals surface area (Å²) in [6, 6.07) is 9.85. The molecule has 1 amide bonds. The monoisotopic (exact) mass is 573 g/mol. The molecule has 9 heteroatoms. The van der Waals surface area contributed by atoms with E-state index in [1.165, 1.54) is 18.3 Å². The zero-order valence-corrected chi connectivity index (χ0v) is 25.9. The van der Waals surface area contributed by atoms with E-state index in [1.54, 1.807) is 11.8 Å². The number of esters is 1. The number of nitrogens with zero attached hydrogens (tertiary/aromatic N) is 2. The standard InChI is InChI=1S/C31H47N3O5S/c1-8-21(4)14-29(36)34(7)27(20(2)3)17-28(39-23(6)35)30-33-26(19-40-30)18-32-25(15-22(5)31(37)38)16-24-12-10-9-11-13-24/h9-13,19-22,25,27-28,32H,8,14-18H2,1-7H3,(H,37,38)/t21-,22?,25+,27+,28+/m0/s1. The van der Waals surface area contributed by atoms with Crippen molar-refractivity contribution >= 4 is 29.2 Å². The molecule has 1 heterocycles. The van der Waals surface area contributed by atoms with Crippen molar-refractivity contribution in [1.82, 2.24) is 15.2 Å². The molecular formula is C31H47N3O5S. The number of carbonyl (C=O) groups is 3. The second-order valence-electron chi connectivity index (χ2n) is 11.3. The molecular weight excluding hydrogens is 526 g/mol. The van der Waals surface area contributed by atoms with Crippen LogP contribution < -0.4 is 5.32 Å². The molecule has 0 radical (unpaired) electrons. The van der Waals surface area contributed by atoms with E-state index >= 15 is 0 Å². The lowest BCUT2D eigenvalue weighted by Gasteiger charge is -2.34. The fourth-order valence-electron chi connectivity index (χ4n) is 4.73. The van der Waals surface area contributed by atoms with Crippen LogP contribution in [0.5, 0.6) is 0 Å². The lowest BCUT2D eigenvalue weighted by atomic mass is 9.95. The molecule has 8 nitrogen and oxygen atoms in total. The molecule has 0 aliphatic heterocycles. The van der Waals surface area contributed by atoms with Crippen LogP contribution in [0.1, 0.15) is 89.6 Å². The Bertz CT molecular complexity index is 1070. The van der Waals surface area contributed by atoms with Crippen molar-refractivity contribution in [3.63, 3.8) is 0 Å². The summed E-state index contributed by atoms with van der Waals surface area (Å²) in [5.74, 6) is -1.11. The van der Waals surface area contributed by atoms with E-state index in [0.29, 0.717) is 43.2 Å². The lowest BCUT2D eigenvalue weighted by molar-refractivity contribution is -0.148. The van der Waals surface area contributed by atoms with Crippen LogP contribution in [0, 0.1) is 17.8 Å². The first kappa shape index (κ1) is 33.4. The number of carboxylic acid groups (broad SMARTS) is 1. The van der Waals surface area contributed by atoms with Crippen LogP contribution in [0.15, 0.2) is 35.7 Å². The van der Waals surface area contributed by atoms with Crippen molar-refractivity contribution in [1.29, 1.82) is 0 Å². The van der Waals surface area contributed by atoms with Gasteiger partial charge in [-0.2, -0.15) is 0 Å². The highest BCUT2D eigenvalue weighted by molar-refractivity contribution is 7.09. The van der Waals surface area contributed by atoms with Crippen molar-refractivity contribution in [2.75, 3.05) is 7.05 Å². The molecule has 0 spiro atoms. The van der Waals surface area contributed by atoms with E-state index in [9.17, 15) is 19.5 Å². The van der Waals surface area contributed by atoms with Gasteiger partial charge in [0.15, 0.2) is 6.10 Å².